The van der Waals surface area contributed by atoms with Crippen LogP contribution in [0.25, 0.3) is 33.4 Å². The molecule has 0 spiro atoms. The van der Waals surface area contributed by atoms with Crippen LogP contribution in [0.2, 0.25) is 0 Å². The molecule has 1 fully saturated rings. The number of primary amides is 1. The van der Waals surface area contributed by atoms with Gasteiger partial charge in [0.05, 0.1) is 29.7 Å². The molecule has 2 aromatic heterocycles. The topological polar surface area (TPSA) is 156 Å². The Morgan fingerprint density at radius 1 is 1.04 bits per heavy atom. The largest absolute Gasteiger partial charge is 0.455 e. The van der Waals surface area contributed by atoms with Crippen molar-refractivity contribution < 1.29 is 31.9 Å². The van der Waals surface area contributed by atoms with Crippen molar-refractivity contribution in [3.8, 4) is 22.5 Å². The second-order valence-electron chi connectivity index (χ2n) is 11.3. The molecule has 0 aliphatic heterocycles. The summed E-state index contributed by atoms with van der Waals surface area (Å²) in [4.78, 5) is 30.7. The molecule has 0 unspecified atom stereocenters. The summed E-state index contributed by atoms with van der Waals surface area (Å²) >= 11 is 0. The third-order valence-electron chi connectivity index (χ3n) is 8.13. The van der Waals surface area contributed by atoms with Gasteiger partial charge in [-0.1, -0.05) is 18.2 Å². The van der Waals surface area contributed by atoms with E-state index in [0.29, 0.717) is 33.2 Å². The molecular weight excluding hydrogens is 611 g/mol. The third-order valence-corrected chi connectivity index (χ3v) is 9.38. The number of sulfonamides is 1. The van der Waals surface area contributed by atoms with Gasteiger partial charge < -0.3 is 20.6 Å². The van der Waals surface area contributed by atoms with Crippen LogP contribution in [0.4, 0.5) is 4.39 Å². The highest BCUT2D eigenvalue weighted by molar-refractivity contribution is 7.88. The summed E-state index contributed by atoms with van der Waals surface area (Å²) in [5.41, 5.74) is 8.78. The molecule has 5 aromatic rings. The third kappa shape index (κ3) is 6.14. The zero-order valence-corrected chi connectivity index (χ0v) is 25.7. The molecular formula is C34H31FN4O6S. The summed E-state index contributed by atoms with van der Waals surface area (Å²) in [6.07, 6.45) is 4.25. The lowest BCUT2D eigenvalue weighted by Gasteiger charge is -2.21. The summed E-state index contributed by atoms with van der Waals surface area (Å²) < 4.78 is 46.2. The predicted molar refractivity (Wildman–Crippen MR) is 171 cm³/mol. The fourth-order valence-electron chi connectivity index (χ4n) is 5.63. The number of hydrogen-bond acceptors (Lipinski definition) is 7. The SMILES string of the molecule is CS(=O)(=O)N(CCO)Cc1cc2oc(-c3ccc(F)cc3)c(C(N)=O)c2cc1-c1cccc(C(=O)NC2(c3ccccn3)CC2)c1. The summed E-state index contributed by atoms with van der Waals surface area (Å²) in [6, 6.07) is 21.1. The number of furan rings is 1. The van der Waals surface area contributed by atoms with Crippen molar-refractivity contribution in [3.63, 3.8) is 0 Å². The molecule has 1 saturated carbocycles. The Morgan fingerprint density at radius 2 is 1.80 bits per heavy atom. The molecule has 1 aliphatic rings. The first-order chi connectivity index (χ1) is 22.0. The zero-order chi connectivity index (χ0) is 32.6. The van der Waals surface area contributed by atoms with E-state index in [0.717, 1.165) is 29.1 Å². The standard InChI is InChI=1S/C34H31FN4O6S/c1-46(43,44)39(15-16-40)20-24-18-28-27(30(32(36)41)31(45-28)21-8-10-25(35)11-9-21)19-26(24)22-5-4-6-23(17-22)33(42)38-34(12-13-34)29-7-2-3-14-37-29/h2-11,14,17-19,40H,12-13,15-16,20H2,1H3,(H2,36,41)(H,38,42). The second kappa shape index (κ2) is 12.1. The number of nitrogens with zero attached hydrogens (tertiary/aromatic N) is 2. The van der Waals surface area contributed by atoms with Crippen molar-refractivity contribution in [1.29, 1.82) is 0 Å². The van der Waals surface area contributed by atoms with Crippen LogP contribution in [-0.4, -0.2) is 54.0 Å². The number of aliphatic hydroxyl groups is 1. The lowest BCUT2D eigenvalue weighted by molar-refractivity contribution is 0.0928. The number of hydrogen-bond donors (Lipinski definition) is 3. The van der Waals surface area contributed by atoms with Gasteiger partial charge in [0, 0.05) is 35.8 Å². The number of rotatable bonds is 11. The Bertz CT molecular complexity index is 2060. The maximum absolute atomic E-state index is 13.7. The first-order valence-corrected chi connectivity index (χ1v) is 16.4. The van der Waals surface area contributed by atoms with Crippen molar-refractivity contribution >= 4 is 32.8 Å². The van der Waals surface area contributed by atoms with Crippen LogP contribution in [-0.2, 0) is 22.1 Å². The van der Waals surface area contributed by atoms with Gasteiger partial charge >= 0.3 is 0 Å². The predicted octanol–water partition coefficient (Wildman–Crippen LogP) is 4.57. The molecule has 236 valence electrons. The van der Waals surface area contributed by atoms with E-state index in [9.17, 15) is 27.5 Å². The number of nitrogens with two attached hydrogens (primary N) is 1. The summed E-state index contributed by atoms with van der Waals surface area (Å²) in [5.74, 6) is -1.40. The van der Waals surface area contributed by atoms with Crippen LogP contribution in [0.1, 0.15) is 44.8 Å². The number of carbonyl (C=O) groups excluding carboxylic acids is 2. The average Bonchev–Trinajstić information content (AvgIpc) is 3.72. The van der Waals surface area contributed by atoms with E-state index in [-0.39, 0.29) is 35.9 Å². The quantitative estimate of drug-likeness (QED) is 0.191. The minimum Gasteiger partial charge on any atom is -0.455 e. The smallest absolute Gasteiger partial charge is 0.253 e. The number of amides is 2. The minimum atomic E-state index is -3.74. The first kappa shape index (κ1) is 31.1. The van der Waals surface area contributed by atoms with Crippen LogP contribution in [0.15, 0.2) is 89.5 Å². The molecule has 0 saturated heterocycles. The van der Waals surface area contributed by atoms with E-state index >= 15 is 0 Å². The van der Waals surface area contributed by atoms with Gasteiger partial charge in [-0.05, 0) is 90.2 Å². The molecule has 3 aromatic carbocycles. The fourth-order valence-corrected chi connectivity index (χ4v) is 6.42. The molecule has 0 bridgehead atoms. The number of fused-ring (bicyclic) bond motifs is 1. The van der Waals surface area contributed by atoms with Crippen LogP contribution < -0.4 is 11.1 Å². The van der Waals surface area contributed by atoms with E-state index in [4.69, 9.17) is 10.2 Å². The van der Waals surface area contributed by atoms with E-state index in [1.54, 1.807) is 42.6 Å². The number of aromatic nitrogens is 1. The molecule has 0 radical (unpaired) electrons. The molecule has 4 N–H and O–H groups in total. The summed E-state index contributed by atoms with van der Waals surface area (Å²) in [7, 11) is -3.74. The van der Waals surface area contributed by atoms with Gasteiger partial charge in [-0.2, -0.15) is 4.31 Å². The van der Waals surface area contributed by atoms with Crippen molar-refractivity contribution in [1.82, 2.24) is 14.6 Å². The molecule has 6 rings (SSSR count). The maximum atomic E-state index is 13.7. The highest BCUT2D eigenvalue weighted by atomic mass is 32.2. The van der Waals surface area contributed by atoms with Gasteiger partial charge in [0.2, 0.25) is 10.0 Å². The number of halogens is 1. The van der Waals surface area contributed by atoms with E-state index < -0.39 is 33.9 Å². The number of benzene rings is 3. The van der Waals surface area contributed by atoms with Crippen LogP contribution in [0.5, 0.6) is 0 Å². The monoisotopic (exact) mass is 642 g/mol. The molecule has 0 atom stereocenters. The maximum Gasteiger partial charge on any atom is 0.253 e. The summed E-state index contributed by atoms with van der Waals surface area (Å²) in [6.45, 7) is -0.693. The van der Waals surface area contributed by atoms with Crippen molar-refractivity contribution in [3.05, 3.63) is 113 Å². The van der Waals surface area contributed by atoms with Crippen LogP contribution in [0.3, 0.4) is 0 Å². The Balaban J connectivity index is 1.47. The number of nitrogens with one attached hydrogen (secondary N) is 1. The molecule has 10 nitrogen and oxygen atoms in total. The van der Waals surface area contributed by atoms with Gasteiger partial charge in [0.15, 0.2) is 0 Å². The zero-order valence-electron chi connectivity index (χ0n) is 24.9. The molecule has 46 heavy (non-hydrogen) atoms. The normalized spacial score (nSPS) is 14.0. The average molecular weight is 643 g/mol. The highest BCUT2D eigenvalue weighted by Crippen LogP contribution is 2.45. The molecule has 2 amide bonds. The van der Waals surface area contributed by atoms with Crippen molar-refractivity contribution in [2.24, 2.45) is 5.73 Å². The van der Waals surface area contributed by atoms with Gasteiger partial charge in [0.1, 0.15) is 17.2 Å². The molecule has 1 aliphatic carbocycles. The van der Waals surface area contributed by atoms with Gasteiger partial charge in [0.25, 0.3) is 11.8 Å². The molecule has 2 heterocycles. The van der Waals surface area contributed by atoms with Gasteiger partial charge in [-0.25, -0.2) is 12.8 Å². The van der Waals surface area contributed by atoms with Crippen molar-refractivity contribution in [2.45, 2.75) is 24.9 Å². The Labute approximate surface area is 264 Å². The molecule has 12 heteroatoms. The lowest BCUT2D eigenvalue weighted by atomic mass is 9.94. The number of pyridine rings is 1. The van der Waals surface area contributed by atoms with Crippen molar-refractivity contribution in [2.75, 3.05) is 19.4 Å². The van der Waals surface area contributed by atoms with Gasteiger partial charge in [-0.3, -0.25) is 14.6 Å². The van der Waals surface area contributed by atoms with E-state index in [2.05, 4.69) is 10.3 Å². The Kier molecular flexibility index (Phi) is 8.19. The van der Waals surface area contributed by atoms with Crippen LogP contribution >= 0.6 is 0 Å². The fraction of sp³-hybridized carbons (Fsp3) is 0.206. The highest BCUT2D eigenvalue weighted by Gasteiger charge is 2.47. The first-order valence-electron chi connectivity index (χ1n) is 14.5. The van der Waals surface area contributed by atoms with Gasteiger partial charge in [-0.15, -0.1) is 0 Å². The Morgan fingerprint density at radius 3 is 2.43 bits per heavy atom. The Hall–Kier alpha value is -4.91. The van der Waals surface area contributed by atoms with Crippen LogP contribution in [0, 0.1) is 5.82 Å². The minimum absolute atomic E-state index is 0.0738. The number of carbonyl (C=O) groups is 2. The van der Waals surface area contributed by atoms with E-state index in [1.165, 1.54) is 24.3 Å². The van der Waals surface area contributed by atoms with E-state index in [1.807, 2.05) is 18.2 Å². The number of aliphatic hydroxyl groups excluding tert-OH is 1. The lowest BCUT2D eigenvalue weighted by Crippen LogP contribution is -2.35. The summed E-state index contributed by atoms with van der Waals surface area (Å²) in [5, 5.41) is 13.1. The second-order valence-corrected chi connectivity index (χ2v) is 13.3.